The molecule has 0 aromatic carbocycles. The molecule has 1 aliphatic rings. The van der Waals surface area contributed by atoms with Gasteiger partial charge in [0.1, 0.15) is 5.84 Å². The van der Waals surface area contributed by atoms with Gasteiger partial charge in [-0.15, -0.1) is 0 Å². The van der Waals surface area contributed by atoms with E-state index in [1.165, 1.54) is 18.4 Å². The van der Waals surface area contributed by atoms with Crippen molar-refractivity contribution < 1.29 is 0 Å². The van der Waals surface area contributed by atoms with Crippen LogP contribution in [0.3, 0.4) is 0 Å². The lowest BCUT2D eigenvalue weighted by Gasteiger charge is -1.93. The maximum Gasteiger partial charge on any atom is 0.144 e. The highest BCUT2D eigenvalue weighted by Gasteiger charge is 1.92. The van der Waals surface area contributed by atoms with E-state index in [0.717, 1.165) is 0 Å². The molecule has 0 atom stereocenters. The lowest BCUT2D eigenvalue weighted by Crippen LogP contribution is -2.01. The van der Waals surface area contributed by atoms with Gasteiger partial charge in [0.05, 0.1) is 11.9 Å². The van der Waals surface area contributed by atoms with Crippen molar-refractivity contribution in [3.63, 3.8) is 0 Å². The van der Waals surface area contributed by atoms with E-state index in [1.807, 2.05) is 0 Å². The predicted octanol–water partition coefficient (Wildman–Crippen LogP) is 0.624. The van der Waals surface area contributed by atoms with Crippen molar-refractivity contribution in [1.29, 1.82) is 10.8 Å². The molecule has 8 heavy (non-hydrogen) atoms. The van der Waals surface area contributed by atoms with E-state index in [1.54, 1.807) is 0 Å². The highest BCUT2D eigenvalue weighted by atomic mass is 14.8. The lowest BCUT2D eigenvalue weighted by molar-refractivity contribution is 1.45. The second-order valence-electron chi connectivity index (χ2n) is 1.43. The van der Waals surface area contributed by atoms with Crippen LogP contribution in [0.4, 0.5) is 0 Å². The number of allylic oxidation sites excluding steroid dienone is 1. The van der Waals surface area contributed by atoms with Crippen molar-refractivity contribution in [3.05, 3.63) is 12.2 Å². The first-order valence-electron chi connectivity index (χ1n) is 2.18. The molecule has 1 aliphatic heterocycles. The van der Waals surface area contributed by atoms with Crippen molar-refractivity contribution in [2.24, 2.45) is 4.99 Å². The summed E-state index contributed by atoms with van der Waals surface area (Å²) in [6, 6.07) is 0. The molecule has 1 rings (SSSR count). The predicted molar refractivity (Wildman–Crippen MR) is 33.1 cm³/mol. The summed E-state index contributed by atoms with van der Waals surface area (Å²) in [7, 11) is 0. The molecule has 0 radical (unpaired) electrons. The molecule has 3 heteroatoms. The molecule has 0 amide bonds. The first kappa shape index (κ1) is 4.90. The summed E-state index contributed by atoms with van der Waals surface area (Å²) in [5, 5.41) is 13.8. The number of nitrogens with one attached hydrogen (secondary N) is 2. The summed E-state index contributed by atoms with van der Waals surface area (Å²) >= 11 is 0. The largest absolute Gasteiger partial charge is 0.299 e. The van der Waals surface area contributed by atoms with Crippen LogP contribution in [0.2, 0.25) is 0 Å². The van der Waals surface area contributed by atoms with Crippen LogP contribution in [0, 0.1) is 10.8 Å². The molecule has 0 aromatic heterocycles. The number of hydrogen-bond acceptors (Lipinski definition) is 2. The first-order valence-corrected chi connectivity index (χ1v) is 2.18. The fourth-order valence-corrected chi connectivity index (χ4v) is 0.394. The van der Waals surface area contributed by atoms with Crippen LogP contribution < -0.4 is 0 Å². The SMILES string of the molecule is N=C1C=CC(=N)N=C1. The van der Waals surface area contributed by atoms with Crippen LogP contribution in [0.1, 0.15) is 0 Å². The monoisotopic (exact) mass is 107 g/mol. The third-order valence-corrected chi connectivity index (χ3v) is 0.763. The number of hydrogen-bond donors (Lipinski definition) is 2. The van der Waals surface area contributed by atoms with Gasteiger partial charge < -0.3 is 0 Å². The summed E-state index contributed by atoms with van der Waals surface area (Å²) in [6.45, 7) is 0. The van der Waals surface area contributed by atoms with E-state index >= 15 is 0 Å². The highest BCUT2D eigenvalue weighted by Crippen LogP contribution is 1.86. The highest BCUT2D eigenvalue weighted by molar-refractivity contribution is 6.38. The Kier molecular flexibility index (Phi) is 1.04. The molecule has 0 fully saturated rings. The van der Waals surface area contributed by atoms with Gasteiger partial charge in [-0.05, 0) is 12.2 Å². The Balaban J connectivity index is 2.83. The van der Waals surface area contributed by atoms with Gasteiger partial charge >= 0.3 is 0 Å². The maximum atomic E-state index is 6.95. The number of nitrogens with zero attached hydrogens (tertiary/aromatic N) is 1. The van der Waals surface area contributed by atoms with Crippen LogP contribution in [0.5, 0.6) is 0 Å². The quantitative estimate of drug-likeness (QED) is 0.456. The lowest BCUT2D eigenvalue weighted by atomic mass is 10.3. The Bertz CT molecular complexity index is 150. The molecular formula is C5H5N3. The molecule has 1 heterocycles. The van der Waals surface area contributed by atoms with Gasteiger partial charge in [0, 0.05) is 0 Å². The standard InChI is InChI=1S/C5H5N3/c6-4-1-2-5(7)8-3-4/h1-3,6-7H. The normalized spacial score (nSPS) is 17.5. The zero-order valence-corrected chi connectivity index (χ0v) is 4.18. The Hall–Kier alpha value is -1.25. The molecule has 0 saturated carbocycles. The van der Waals surface area contributed by atoms with Gasteiger partial charge in [-0.25, -0.2) is 4.99 Å². The topological polar surface area (TPSA) is 60.1 Å². The summed E-state index contributed by atoms with van der Waals surface area (Å²) in [5.41, 5.74) is 0.348. The molecule has 0 unspecified atom stereocenters. The molecule has 0 saturated heterocycles. The van der Waals surface area contributed by atoms with Crippen molar-refractivity contribution in [2.75, 3.05) is 0 Å². The van der Waals surface area contributed by atoms with Gasteiger partial charge in [-0.3, -0.25) is 10.8 Å². The van der Waals surface area contributed by atoms with Gasteiger partial charge in [-0.1, -0.05) is 0 Å². The minimum atomic E-state index is 0.209. The molecule has 3 nitrogen and oxygen atoms in total. The zero-order valence-electron chi connectivity index (χ0n) is 4.18. The summed E-state index contributed by atoms with van der Waals surface area (Å²) in [6.07, 6.45) is 4.38. The number of rotatable bonds is 0. The first-order chi connectivity index (χ1) is 3.79. The summed E-state index contributed by atoms with van der Waals surface area (Å²) in [5.74, 6) is 0.209. The fraction of sp³-hybridized carbons (Fsp3) is 0. The smallest absolute Gasteiger partial charge is 0.144 e. The van der Waals surface area contributed by atoms with Crippen molar-refractivity contribution in [3.8, 4) is 0 Å². The second-order valence-corrected chi connectivity index (χ2v) is 1.43. The summed E-state index contributed by atoms with van der Waals surface area (Å²) < 4.78 is 0. The Morgan fingerprint density at radius 1 is 1.25 bits per heavy atom. The van der Waals surface area contributed by atoms with Crippen molar-refractivity contribution in [1.82, 2.24) is 0 Å². The molecular weight excluding hydrogens is 102 g/mol. The van der Waals surface area contributed by atoms with E-state index in [-0.39, 0.29) is 5.84 Å². The Morgan fingerprint density at radius 2 is 2.00 bits per heavy atom. The average Bonchev–Trinajstić information content (AvgIpc) is 1.77. The molecule has 0 aromatic rings. The van der Waals surface area contributed by atoms with Crippen LogP contribution in [-0.2, 0) is 0 Å². The maximum absolute atomic E-state index is 6.95. The molecule has 40 valence electrons. The number of amidine groups is 1. The summed E-state index contributed by atoms with van der Waals surface area (Å²) in [4.78, 5) is 3.56. The number of dihydropyridines is 1. The molecule has 0 bridgehead atoms. The Labute approximate surface area is 46.8 Å². The van der Waals surface area contributed by atoms with Gasteiger partial charge in [0.2, 0.25) is 0 Å². The van der Waals surface area contributed by atoms with E-state index in [0.29, 0.717) is 5.71 Å². The van der Waals surface area contributed by atoms with Crippen LogP contribution in [-0.4, -0.2) is 17.8 Å². The number of aliphatic imine (C=N–C) groups is 1. The van der Waals surface area contributed by atoms with Crippen molar-refractivity contribution in [2.45, 2.75) is 0 Å². The van der Waals surface area contributed by atoms with E-state index in [9.17, 15) is 0 Å². The fourth-order valence-electron chi connectivity index (χ4n) is 0.394. The molecule has 0 aliphatic carbocycles. The van der Waals surface area contributed by atoms with E-state index in [4.69, 9.17) is 10.8 Å². The minimum absolute atomic E-state index is 0.209. The minimum Gasteiger partial charge on any atom is -0.299 e. The van der Waals surface area contributed by atoms with E-state index < -0.39 is 0 Å². The average molecular weight is 107 g/mol. The van der Waals surface area contributed by atoms with Gasteiger partial charge in [0.15, 0.2) is 0 Å². The van der Waals surface area contributed by atoms with E-state index in [2.05, 4.69) is 4.99 Å². The van der Waals surface area contributed by atoms with Crippen LogP contribution in [0.25, 0.3) is 0 Å². The van der Waals surface area contributed by atoms with Gasteiger partial charge in [-0.2, -0.15) is 0 Å². The van der Waals surface area contributed by atoms with Crippen LogP contribution in [0.15, 0.2) is 17.1 Å². The third kappa shape index (κ3) is 0.872. The second kappa shape index (κ2) is 1.69. The van der Waals surface area contributed by atoms with Gasteiger partial charge in [0.25, 0.3) is 0 Å². The third-order valence-electron chi connectivity index (χ3n) is 0.763. The molecule has 2 N–H and O–H groups in total. The Morgan fingerprint density at radius 3 is 2.38 bits per heavy atom. The van der Waals surface area contributed by atoms with Crippen molar-refractivity contribution >= 4 is 17.8 Å². The zero-order chi connectivity index (χ0) is 5.98. The van der Waals surface area contributed by atoms with Crippen LogP contribution >= 0.6 is 0 Å². The molecule has 0 spiro atoms.